The minimum Gasteiger partial charge on any atom is -0.497 e. The summed E-state index contributed by atoms with van der Waals surface area (Å²) in [6.45, 7) is 7.33. The largest absolute Gasteiger partial charge is 0.497 e. The number of H-pyrrole nitrogens is 1. The lowest BCUT2D eigenvalue weighted by Crippen LogP contribution is -2.37. The van der Waals surface area contributed by atoms with Gasteiger partial charge >= 0.3 is 6.03 Å². The molecule has 2 aromatic rings. The predicted octanol–water partition coefficient (Wildman–Crippen LogP) is 2.00. The van der Waals surface area contributed by atoms with Gasteiger partial charge in [0.1, 0.15) is 11.4 Å². The first-order valence-electron chi connectivity index (χ1n) is 8.05. The van der Waals surface area contributed by atoms with Crippen LogP contribution in [0, 0.1) is 0 Å². The van der Waals surface area contributed by atoms with Gasteiger partial charge in [-0.05, 0) is 25.2 Å². The summed E-state index contributed by atoms with van der Waals surface area (Å²) < 4.78 is 5.13. The first-order valence-corrected chi connectivity index (χ1v) is 8.05. The van der Waals surface area contributed by atoms with E-state index in [2.05, 4.69) is 34.4 Å². The first-order chi connectivity index (χ1) is 11.6. The molecule has 0 saturated carbocycles. The topological polar surface area (TPSA) is 86.5 Å². The number of nitrogens with zero attached hydrogens (tertiary/aromatic N) is 1. The van der Waals surface area contributed by atoms with Crippen molar-refractivity contribution >= 4 is 22.6 Å². The minimum atomic E-state index is -0.388. The Morgan fingerprint density at radius 1 is 1.29 bits per heavy atom. The molecule has 2 amide bonds. The summed E-state index contributed by atoms with van der Waals surface area (Å²) in [5, 5.41) is 5.85. The number of hydrogen-bond donors (Lipinski definition) is 3. The molecule has 3 N–H and O–H groups in total. The van der Waals surface area contributed by atoms with E-state index in [9.17, 15) is 9.59 Å². The van der Waals surface area contributed by atoms with Gasteiger partial charge in [-0.15, -0.1) is 0 Å². The van der Waals surface area contributed by atoms with Gasteiger partial charge in [0.25, 0.3) is 0 Å². The second kappa shape index (κ2) is 8.35. The molecule has 7 nitrogen and oxygen atoms in total. The maximum absolute atomic E-state index is 12.4. The van der Waals surface area contributed by atoms with Crippen LogP contribution in [0.25, 0.3) is 10.9 Å². The lowest BCUT2D eigenvalue weighted by Gasteiger charge is -2.18. The number of amides is 2. The Hall–Kier alpha value is -2.54. The quantitative estimate of drug-likeness (QED) is 0.724. The van der Waals surface area contributed by atoms with Crippen LogP contribution in [0.1, 0.15) is 13.8 Å². The number of anilines is 1. The van der Waals surface area contributed by atoms with Gasteiger partial charge in [-0.3, -0.25) is 4.79 Å². The third-order valence-electron chi connectivity index (χ3n) is 3.94. The zero-order valence-electron chi connectivity index (χ0n) is 14.3. The number of hydrogen-bond acceptors (Lipinski definition) is 4. The van der Waals surface area contributed by atoms with Crippen LogP contribution in [-0.4, -0.2) is 49.2 Å². The van der Waals surface area contributed by atoms with Crippen LogP contribution >= 0.6 is 0 Å². The SMILES string of the molecule is CCN(CC)CCNC(=O)Nc1c[nH]c2cc(OC)ccc2c1=O. The van der Waals surface area contributed by atoms with Crippen LogP contribution in [0.5, 0.6) is 5.75 Å². The number of ether oxygens (including phenoxy) is 1. The highest BCUT2D eigenvalue weighted by molar-refractivity contribution is 5.92. The third-order valence-corrected chi connectivity index (χ3v) is 3.94. The summed E-state index contributed by atoms with van der Waals surface area (Å²) in [7, 11) is 1.57. The summed E-state index contributed by atoms with van der Waals surface area (Å²) in [5.74, 6) is 0.660. The van der Waals surface area contributed by atoms with Crippen LogP contribution in [0.3, 0.4) is 0 Å². The molecule has 0 aliphatic rings. The van der Waals surface area contributed by atoms with Gasteiger partial charge < -0.3 is 25.3 Å². The van der Waals surface area contributed by atoms with Crippen molar-refractivity contribution in [3.63, 3.8) is 0 Å². The Morgan fingerprint density at radius 3 is 2.71 bits per heavy atom. The average Bonchev–Trinajstić information content (AvgIpc) is 2.61. The second-order valence-corrected chi connectivity index (χ2v) is 5.35. The predicted molar refractivity (Wildman–Crippen MR) is 95.9 cm³/mol. The van der Waals surface area contributed by atoms with E-state index in [1.807, 2.05) is 0 Å². The van der Waals surface area contributed by atoms with E-state index < -0.39 is 0 Å². The van der Waals surface area contributed by atoms with E-state index in [-0.39, 0.29) is 17.1 Å². The van der Waals surface area contributed by atoms with Crippen molar-refractivity contribution in [1.29, 1.82) is 0 Å². The molecular weight excluding hydrogens is 308 g/mol. The molecule has 0 bridgehead atoms. The maximum Gasteiger partial charge on any atom is 0.319 e. The molecule has 2 rings (SSSR count). The Labute approximate surface area is 141 Å². The molecule has 0 aliphatic carbocycles. The lowest BCUT2D eigenvalue weighted by atomic mass is 10.2. The molecule has 0 unspecified atom stereocenters. The summed E-state index contributed by atoms with van der Waals surface area (Å²) in [5.41, 5.74) is 0.644. The van der Waals surface area contributed by atoms with Crippen LogP contribution in [0.15, 0.2) is 29.2 Å². The number of likely N-dealkylation sites (N-methyl/N-ethyl adjacent to an activating group) is 1. The zero-order valence-corrected chi connectivity index (χ0v) is 14.3. The summed E-state index contributed by atoms with van der Waals surface area (Å²) in [4.78, 5) is 29.6. The van der Waals surface area contributed by atoms with Gasteiger partial charge in [0.2, 0.25) is 5.43 Å². The summed E-state index contributed by atoms with van der Waals surface area (Å²) in [6.07, 6.45) is 1.49. The van der Waals surface area contributed by atoms with Gasteiger partial charge in [-0.1, -0.05) is 13.8 Å². The fraction of sp³-hybridized carbons (Fsp3) is 0.412. The Kier molecular flexibility index (Phi) is 6.20. The number of pyridine rings is 1. The average molecular weight is 332 g/mol. The first kappa shape index (κ1) is 17.8. The van der Waals surface area contributed by atoms with Crippen LogP contribution in [0.2, 0.25) is 0 Å². The number of rotatable bonds is 7. The van der Waals surface area contributed by atoms with Crippen LogP contribution < -0.4 is 20.8 Å². The molecule has 1 heterocycles. The highest BCUT2D eigenvalue weighted by Crippen LogP contribution is 2.17. The van der Waals surface area contributed by atoms with E-state index in [0.29, 0.717) is 23.2 Å². The van der Waals surface area contributed by atoms with Crippen molar-refractivity contribution in [3.05, 3.63) is 34.6 Å². The highest BCUT2D eigenvalue weighted by atomic mass is 16.5. The van der Waals surface area contributed by atoms with Gasteiger partial charge in [-0.2, -0.15) is 0 Å². The Morgan fingerprint density at radius 2 is 2.04 bits per heavy atom. The number of aromatic amines is 1. The van der Waals surface area contributed by atoms with E-state index in [1.165, 1.54) is 6.20 Å². The molecule has 0 saturated heterocycles. The number of benzene rings is 1. The normalized spacial score (nSPS) is 10.8. The Balaban J connectivity index is 2.03. The number of carbonyl (C=O) groups is 1. The number of methoxy groups -OCH3 is 1. The highest BCUT2D eigenvalue weighted by Gasteiger charge is 2.09. The summed E-state index contributed by atoms with van der Waals surface area (Å²) >= 11 is 0. The lowest BCUT2D eigenvalue weighted by molar-refractivity contribution is 0.248. The smallest absolute Gasteiger partial charge is 0.319 e. The van der Waals surface area contributed by atoms with E-state index in [4.69, 9.17) is 4.74 Å². The number of nitrogens with one attached hydrogen (secondary N) is 3. The van der Waals surface area contributed by atoms with Crippen molar-refractivity contribution < 1.29 is 9.53 Å². The number of aromatic nitrogens is 1. The van der Waals surface area contributed by atoms with E-state index >= 15 is 0 Å². The summed E-state index contributed by atoms with van der Waals surface area (Å²) in [6, 6.07) is 4.74. The van der Waals surface area contributed by atoms with Crippen molar-refractivity contribution in [2.45, 2.75) is 13.8 Å². The van der Waals surface area contributed by atoms with Crippen molar-refractivity contribution in [2.75, 3.05) is 38.6 Å². The zero-order chi connectivity index (χ0) is 17.5. The van der Waals surface area contributed by atoms with E-state index in [0.717, 1.165) is 19.6 Å². The number of urea groups is 1. The van der Waals surface area contributed by atoms with Crippen molar-refractivity contribution in [3.8, 4) is 5.75 Å². The molecular formula is C17H24N4O3. The van der Waals surface area contributed by atoms with E-state index in [1.54, 1.807) is 25.3 Å². The number of fused-ring (bicyclic) bond motifs is 1. The second-order valence-electron chi connectivity index (χ2n) is 5.35. The van der Waals surface area contributed by atoms with Crippen molar-refractivity contribution in [1.82, 2.24) is 15.2 Å². The van der Waals surface area contributed by atoms with Crippen molar-refractivity contribution in [2.24, 2.45) is 0 Å². The minimum absolute atomic E-state index is 0.216. The molecule has 0 radical (unpaired) electrons. The monoisotopic (exact) mass is 332 g/mol. The van der Waals surface area contributed by atoms with Crippen LogP contribution in [-0.2, 0) is 0 Å². The van der Waals surface area contributed by atoms with Gasteiger partial charge in [0.05, 0.1) is 12.6 Å². The molecule has 1 aromatic heterocycles. The molecule has 0 atom stereocenters. The Bertz CT molecular complexity index is 753. The number of carbonyl (C=O) groups excluding carboxylic acids is 1. The third kappa shape index (κ3) is 4.26. The fourth-order valence-corrected chi connectivity index (χ4v) is 2.46. The van der Waals surface area contributed by atoms with Gasteiger partial charge in [0.15, 0.2) is 0 Å². The molecule has 130 valence electrons. The molecule has 0 fully saturated rings. The molecule has 0 aliphatic heterocycles. The van der Waals surface area contributed by atoms with Gasteiger partial charge in [0, 0.05) is 30.7 Å². The van der Waals surface area contributed by atoms with Gasteiger partial charge in [-0.25, -0.2) is 4.79 Å². The molecule has 7 heteroatoms. The maximum atomic E-state index is 12.4. The molecule has 1 aromatic carbocycles. The molecule has 0 spiro atoms. The fourth-order valence-electron chi connectivity index (χ4n) is 2.46. The standard InChI is InChI=1S/C17H24N4O3/c1-4-21(5-2)9-8-18-17(23)20-15-11-19-14-10-12(24-3)6-7-13(14)16(15)22/h6-7,10-11H,4-5,8-9H2,1-3H3,(H,19,22)(H2,18,20,23). The molecule has 24 heavy (non-hydrogen) atoms. The van der Waals surface area contributed by atoms with Crippen LogP contribution in [0.4, 0.5) is 10.5 Å².